The molecule has 64 valence electrons. The van der Waals surface area contributed by atoms with Gasteiger partial charge in [0.15, 0.2) is 0 Å². The molecular formula is C9H17NO. The van der Waals surface area contributed by atoms with Gasteiger partial charge in [-0.15, -0.1) is 0 Å². The zero-order valence-corrected chi connectivity index (χ0v) is 7.31. The maximum Gasteiger partial charge on any atom is 0.0650 e. The Hall–Kier alpha value is -0.0800. The molecule has 0 radical (unpaired) electrons. The van der Waals surface area contributed by atoms with Crippen molar-refractivity contribution < 1.29 is 4.74 Å². The third-order valence-electron chi connectivity index (χ3n) is 3.25. The highest BCUT2D eigenvalue weighted by atomic mass is 16.5. The van der Waals surface area contributed by atoms with Gasteiger partial charge in [-0.25, -0.2) is 0 Å². The number of likely N-dealkylation sites (tertiary alicyclic amines) is 1. The van der Waals surface area contributed by atoms with Gasteiger partial charge in [-0.2, -0.15) is 0 Å². The van der Waals surface area contributed by atoms with Crippen LogP contribution in [0.4, 0.5) is 0 Å². The van der Waals surface area contributed by atoms with Crippen molar-refractivity contribution >= 4 is 0 Å². The summed E-state index contributed by atoms with van der Waals surface area (Å²) in [6, 6.07) is 0. The molecule has 2 heterocycles. The maximum absolute atomic E-state index is 5.54. The van der Waals surface area contributed by atoms with E-state index in [-0.39, 0.29) is 0 Å². The topological polar surface area (TPSA) is 12.5 Å². The van der Waals surface area contributed by atoms with E-state index in [9.17, 15) is 0 Å². The second-order valence-electron chi connectivity index (χ2n) is 3.91. The van der Waals surface area contributed by atoms with E-state index in [1.165, 1.54) is 32.2 Å². The monoisotopic (exact) mass is 155 g/mol. The summed E-state index contributed by atoms with van der Waals surface area (Å²) in [5.41, 5.74) is 0.443. The first kappa shape index (κ1) is 7.56. The van der Waals surface area contributed by atoms with Gasteiger partial charge in [0.05, 0.1) is 6.61 Å². The van der Waals surface area contributed by atoms with Crippen molar-refractivity contribution in [2.75, 3.05) is 26.8 Å². The average Bonchev–Trinajstić information content (AvgIpc) is 2.36. The Morgan fingerprint density at radius 3 is 2.64 bits per heavy atom. The molecule has 0 aromatic heterocycles. The lowest BCUT2D eigenvalue weighted by Gasteiger charge is -2.39. The summed E-state index contributed by atoms with van der Waals surface area (Å²) in [6.07, 6.45) is 5.32. The van der Waals surface area contributed by atoms with Crippen molar-refractivity contribution in [3.63, 3.8) is 0 Å². The average molecular weight is 155 g/mol. The summed E-state index contributed by atoms with van der Waals surface area (Å²) in [5.74, 6) is 0. The minimum atomic E-state index is 0.443. The first-order chi connectivity index (χ1) is 5.33. The fourth-order valence-corrected chi connectivity index (χ4v) is 2.41. The molecule has 2 heteroatoms. The minimum absolute atomic E-state index is 0.443. The van der Waals surface area contributed by atoms with Crippen molar-refractivity contribution in [3.05, 3.63) is 0 Å². The molecule has 2 aliphatic heterocycles. The Kier molecular flexibility index (Phi) is 1.90. The highest BCUT2D eigenvalue weighted by Gasteiger charge is 2.39. The molecule has 0 saturated carbocycles. The lowest BCUT2D eigenvalue weighted by molar-refractivity contribution is -0.0194. The Morgan fingerprint density at radius 1 is 1.27 bits per heavy atom. The molecule has 2 saturated heterocycles. The zero-order chi connectivity index (χ0) is 7.73. The van der Waals surface area contributed by atoms with E-state index in [1.807, 2.05) is 0 Å². The first-order valence-electron chi connectivity index (χ1n) is 4.63. The molecule has 1 spiro atoms. The Morgan fingerprint density at radius 2 is 2.09 bits per heavy atom. The highest BCUT2D eigenvalue weighted by molar-refractivity contribution is 4.95. The van der Waals surface area contributed by atoms with E-state index < -0.39 is 0 Å². The number of nitrogens with zero attached hydrogens (tertiary/aromatic N) is 1. The minimum Gasteiger partial charge on any atom is -0.380 e. The van der Waals surface area contributed by atoms with Crippen LogP contribution in [0.1, 0.15) is 25.7 Å². The molecule has 2 rings (SSSR count). The van der Waals surface area contributed by atoms with Gasteiger partial charge in [-0.3, -0.25) is 4.90 Å². The van der Waals surface area contributed by atoms with Gasteiger partial charge >= 0.3 is 0 Å². The van der Waals surface area contributed by atoms with Gasteiger partial charge in [-0.1, -0.05) is 0 Å². The Bertz CT molecular complexity index is 140. The smallest absolute Gasteiger partial charge is 0.0650 e. The van der Waals surface area contributed by atoms with Crippen LogP contribution in [0.5, 0.6) is 0 Å². The fourth-order valence-electron chi connectivity index (χ4n) is 2.41. The summed E-state index contributed by atoms with van der Waals surface area (Å²) in [4.78, 5) is 2.49. The molecule has 0 bridgehead atoms. The van der Waals surface area contributed by atoms with E-state index in [0.717, 1.165) is 13.2 Å². The fraction of sp³-hybridized carbons (Fsp3) is 1.00. The van der Waals surface area contributed by atoms with Crippen LogP contribution in [0.25, 0.3) is 0 Å². The van der Waals surface area contributed by atoms with Crippen molar-refractivity contribution in [3.8, 4) is 0 Å². The molecule has 0 aliphatic carbocycles. The van der Waals surface area contributed by atoms with Crippen molar-refractivity contribution in [1.29, 1.82) is 0 Å². The van der Waals surface area contributed by atoms with Gasteiger partial charge in [-0.05, 0) is 39.3 Å². The molecule has 1 atom stereocenters. The third kappa shape index (κ3) is 1.18. The number of likely N-dealkylation sites (N-methyl/N-ethyl adjacent to an activating group) is 1. The molecule has 2 nitrogen and oxygen atoms in total. The number of hydrogen-bond acceptors (Lipinski definition) is 2. The molecular weight excluding hydrogens is 138 g/mol. The summed E-state index contributed by atoms with van der Waals surface area (Å²) >= 11 is 0. The third-order valence-corrected chi connectivity index (χ3v) is 3.25. The second-order valence-corrected chi connectivity index (χ2v) is 3.91. The summed E-state index contributed by atoms with van der Waals surface area (Å²) in [5, 5.41) is 0. The predicted molar refractivity (Wildman–Crippen MR) is 44.6 cm³/mol. The standard InChI is InChI=1S/C9H17NO/c1-10-6-2-4-9(10)5-3-7-11-8-9/h2-8H2,1H3. The summed E-state index contributed by atoms with van der Waals surface area (Å²) in [6.45, 7) is 3.22. The van der Waals surface area contributed by atoms with Crippen LogP contribution in [0.2, 0.25) is 0 Å². The SMILES string of the molecule is CN1CCCC12CCCOC2. The van der Waals surface area contributed by atoms with Crippen LogP contribution in [0.3, 0.4) is 0 Å². The normalized spacial score (nSPS) is 40.1. The predicted octanol–water partition coefficient (Wildman–Crippen LogP) is 1.26. The Balaban J connectivity index is 2.06. The van der Waals surface area contributed by atoms with Gasteiger partial charge < -0.3 is 4.74 Å². The van der Waals surface area contributed by atoms with Crippen molar-refractivity contribution in [2.45, 2.75) is 31.2 Å². The molecule has 11 heavy (non-hydrogen) atoms. The van der Waals surface area contributed by atoms with Crippen molar-refractivity contribution in [2.24, 2.45) is 0 Å². The summed E-state index contributed by atoms with van der Waals surface area (Å²) < 4.78 is 5.54. The lowest BCUT2D eigenvalue weighted by atomic mass is 9.90. The van der Waals surface area contributed by atoms with Gasteiger partial charge in [0, 0.05) is 12.1 Å². The van der Waals surface area contributed by atoms with Crippen LogP contribution in [-0.2, 0) is 4.74 Å². The van der Waals surface area contributed by atoms with Crippen LogP contribution >= 0.6 is 0 Å². The molecule has 0 amide bonds. The molecule has 0 N–H and O–H groups in total. The van der Waals surface area contributed by atoms with Gasteiger partial charge in [0.2, 0.25) is 0 Å². The van der Waals surface area contributed by atoms with Crippen molar-refractivity contribution in [1.82, 2.24) is 4.90 Å². The lowest BCUT2D eigenvalue weighted by Crippen LogP contribution is -2.47. The number of ether oxygens (including phenoxy) is 1. The first-order valence-corrected chi connectivity index (χ1v) is 4.63. The molecule has 2 fully saturated rings. The van der Waals surface area contributed by atoms with Crippen LogP contribution in [0, 0.1) is 0 Å². The largest absolute Gasteiger partial charge is 0.380 e. The molecule has 2 aliphatic rings. The number of rotatable bonds is 0. The van der Waals surface area contributed by atoms with E-state index >= 15 is 0 Å². The quantitative estimate of drug-likeness (QED) is 0.522. The maximum atomic E-state index is 5.54. The van der Waals surface area contributed by atoms with E-state index in [1.54, 1.807) is 0 Å². The zero-order valence-electron chi connectivity index (χ0n) is 7.31. The van der Waals surface area contributed by atoms with Gasteiger partial charge in [0.1, 0.15) is 0 Å². The van der Waals surface area contributed by atoms with E-state index in [4.69, 9.17) is 4.74 Å². The second kappa shape index (κ2) is 2.76. The van der Waals surface area contributed by atoms with Gasteiger partial charge in [0.25, 0.3) is 0 Å². The Labute approximate surface area is 68.5 Å². The molecule has 0 aromatic rings. The highest BCUT2D eigenvalue weighted by Crippen LogP contribution is 2.34. The van der Waals surface area contributed by atoms with Crippen LogP contribution in [0.15, 0.2) is 0 Å². The van der Waals surface area contributed by atoms with E-state index in [0.29, 0.717) is 5.54 Å². The molecule has 1 unspecified atom stereocenters. The summed E-state index contributed by atoms with van der Waals surface area (Å²) in [7, 11) is 2.24. The van der Waals surface area contributed by atoms with Crippen LogP contribution < -0.4 is 0 Å². The number of hydrogen-bond donors (Lipinski definition) is 0. The van der Waals surface area contributed by atoms with E-state index in [2.05, 4.69) is 11.9 Å². The molecule has 0 aromatic carbocycles. The van der Waals surface area contributed by atoms with Crippen LogP contribution in [-0.4, -0.2) is 37.2 Å².